The maximum absolute atomic E-state index is 12.7. The number of para-hydroxylation sites is 1. The highest BCUT2D eigenvalue weighted by atomic mass is 32.2. The molecule has 0 saturated carbocycles. The summed E-state index contributed by atoms with van der Waals surface area (Å²) in [6, 6.07) is 22.1. The molecule has 0 saturated heterocycles. The average molecular weight is 515 g/mol. The number of carboxylic acid groups (broad SMARTS) is 1. The lowest BCUT2D eigenvalue weighted by atomic mass is 9.98. The third kappa shape index (κ3) is 5.24. The summed E-state index contributed by atoms with van der Waals surface area (Å²) in [7, 11) is 0. The summed E-state index contributed by atoms with van der Waals surface area (Å²) >= 11 is 1.16. The summed E-state index contributed by atoms with van der Waals surface area (Å²) in [6.07, 6.45) is 0.397. The summed E-state index contributed by atoms with van der Waals surface area (Å²) < 4.78 is 0. The standard InChI is InChI=1S/C27H22N4O5S/c32-22-9-5-4-8-19(22)21-14-20(16-6-2-1-3-7-16)30-31(21)27-29-25(34)23(37-27)15-24(33)28-18-12-10-17(11-13-18)26(35)36/h1-13,21,23,32H,14-15H2,(H,28,33)(H,35,36). The molecule has 0 radical (unpaired) electrons. The van der Waals surface area contributed by atoms with Crippen LogP contribution in [-0.2, 0) is 9.59 Å². The van der Waals surface area contributed by atoms with Gasteiger partial charge in [-0.15, -0.1) is 0 Å². The first-order valence-corrected chi connectivity index (χ1v) is 12.4. The number of aliphatic imine (C=N–C) groups is 1. The molecule has 37 heavy (non-hydrogen) atoms. The maximum atomic E-state index is 12.7. The minimum Gasteiger partial charge on any atom is -0.508 e. The average Bonchev–Trinajstić information content (AvgIpc) is 3.49. The van der Waals surface area contributed by atoms with E-state index in [4.69, 9.17) is 10.2 Å². The number of nitrogens with one attached hydrogen (secondary N) is 1. The monoisotopic (exact) mass is 514 g/mol. The molecular formula is C27H22N4O5S. The minimum absolute atomic E-state index is 0.109. The van der Waals surface area contributed by atoms with Crippen LogP contribution in [0.4, 0.5) is 5.69 Å². The molecule has 2 aliphatic rings. The Bertz CT molecular complexity index is 1420. The van der Waals surface area contributed by atoms with E-state index in [1.54, 1.807) is 17.1 Å². The topological polar surface area (TPSA) is 132 Å². The number of hydrogen-bond acceptors (Lipinski definition) is 7. The Labute approximate surface area is 216 Å². The van der Waals surface area contributed by atoms with Crippen LogP contribution >= 0.6 is 11.8 Å². The largest absolute Gasteiger partial charge is 0.508 e. The third-order valence-corrected chi connectivity index (χ3v) is 7.17. The summed E-state index contributed by atoms with van der Waals surface area (Å²) in [4.78, 5) is 40.6. The second-order valence-electron chi connectivity index (χ2n) is 8.51. The van der Waals surface area contributed by atoms with Crippen molar-refractivity contribution in [1.82, 2.24) is 5.01 Å². The van der Waals surface area contributed by atoms with Crippen molar-refractivity contribution in [3.8, 4) is 5.75 Å². The minimum atomic E-state index is -1.06. The first-order valence-electron chi connectivity index (χ1n) is 11.5. The Balaban J connectivity index is 1.32. The van der Waals surface area contributed by atoms with E-state index < -0.39 is 23.0 Å². The van der Waals surface area contributed by atoms with E-state index in [2.05, 4.69) is 10.3 Å². The van der Waals surface area contributed by atoms with Gasteiger partial charge in [0.1, 0.15) is 11.0 Å². The number of hydrazone groups is 1. The summed E-state index contributed by atoms with van der Waals surface area (Å²) in [5.74, 6) is -1.76. The normalized spacial score (nSPS) is 18.9. The molecule has 10 heteroatoms. The zero-order valence-corrected chi connectivity index (χ0v) is 20.3. The van der Waals surface area contributed by atoms with Crippen LogP contribution in [0.25, 0.3) is 0 Å². The van der Waals surface area contributed by atoms with Crippen LogP contribution in [-0.4, -0.2) is 49.1 Å². The summed E-state index contributed by atoms with van der Waals surface area (Å²) in [6.45, 7) is 0. The predicted molar refractivity (Wildman–Crippen MR) is 141 cm³/mol. The van der Waals surface area contributed by atoms with E-state index in [1.807, 2.05) is 42.5 Å². The number of carbonyl (C=O) groups is 3. The van der Waals surface area contributed by atoms with Crippen LogP contribution in [0.2, 0.25) is 0 Å². The number of aromatic hydroxyl groups is 1. The van der Waals surface area contributed by atoms with Gasteiger partial charge < -0.3 is 15.5 Å². The number of nitrogens with zero attached hydrogens (tertiary/aromatic N) is 3. The lowest BCUT2D eigenvalue weighted by molar-refractivity contribution is -0.121. The summed E-state index contributed by atoms with van der Waals surface area (Å²) in [5.41, 5.74) is 2.94. The number of benzene rings is 3. The van der Waals surface area contributed by atoms with Gasteiger partial charge in [0.05, 0.1) is 17.3 Å². The van der Waals surface area contributed by atoms with Crippen LogP contribution in [0, 0.1) is 0 Å². The van der Waals surface area contributed by atoms with Crippen LogP contribution in [0.15, 0.2) is 89.0 Å². The predicted octanol–water partition coefficient (Wildman–Crippen LogP) is 4.27. The van der Waals surface area contributed by atoms with Crippen LogP contribution < -0.4 is 5.32 Å². The number of amidine groups is 1. The van der Waals surface area contributed by atoms with Crippen LogP contribution in [0.3, 0.4) is 0 Å². The molecule has 2 heterocycles. The zero-order valence-electron chi connectivity index (χ0n) is 19.4. The SMILES string of the molecule is O=C(CC1SC(N2N=C(c3ccccc3)CC2c2ccccc2O)=NC1=O)Nc1ccc(C(=O)O)cc1. The van der Waals surface area contributed by atoms with Crippen molar-refractivity contribution in [2.75, 3.05) is 5.32 Å². The van der Waals surface area contributed by atoms with Gasteiger partial charge in [-0.05, 0) is 35.9 Å². The van der Waals surface area contributed by atoms with Gasteiger partial charge in [-0.1, -0.05) is 60.3 Å². The van der Waals surface area contributed by atoms with Gasteiger partial charge in [-0.2, -0.15) is 10.1 Å². The van der Waals surface area contributed by atoms with Gasteiger partial charge in [0, 0.05) is 24.1 Å². The lowest BCUT2D eigenvalue weighted by Gasteiger charge is -2.23. The van der Waals surface area contributed by atoms with Gasteiger partial charge in [0.25, 0.3) is 5.91 Å². The van der Waals surface area contributed by atoms with Crippen LogP contribution in [0.5, 0.6) is 5.75 Å². The van der Waals surface area contributed by atoms with E-state index in [-0.39, 0.29) is 23.8 Å². The molecular weight excluding hydrogens is 492 g/mol. The van der Waals surface area contributed by atoms with Gasteiger partial charge in [0.15, 0.2) is 5.17 Å². The Morgan fingerprint density at radius 3 is 2.41 bits per heavy atom. The number of phenolic OH excluding ortho intramolecular Hbond substituents is 1. The molecule has 5 rings (SSSR count). The molecule has 2 atom stereocenters. The first kappa shape index (κ1) is 24.3. The quantitative estimate of drug-likeness (QED) is 0.448. The molecule has 0 aromatic heterocycles. The smallest absolute Gasteiger partial charge is 0.335 e. The van der Waals surface area contributed by atoms with Crippen molar-refractivity contribution < 1.29 is 24.6 Å². The second kappa shape index (κ2) is 10.3. The van der Waals surface area contributed by atoms with Gasteiger partial charge in [0.2, 0.25) is 5.91 Å². The van der Waals surface area contributed by atoms with Crippen molar-refractivity contribution in [2.45, 2.75) is 24.1 Å². The molecule has 0 spiro atoms. The number of phenols is 1. The molecule has 2 aliphatic heterocycles. The Morgan fingerprint density at radius 1 is 1.00 bits per heavy atom. The fourth-order valence-electron chi connectivity index (χ4n) is 4.18. The van der Waals surface area contributed by atoms with E-state index >= 15 is 0 Å². The van der Waals surface area contributed by atoms with E-state index in [0.29, 0.717) is 22.8 Å². The van der Waals surface area contributed by atoms with Crippen molar-refractivity contribution in [2.24, 2.45) is 10.1 Å². The molecule has 3 aromatic carbocycles. The van der Waals surface area contributed by atoms with Gasteiger partial charge in [-0.3, -0.25) is 9.59 Å². The Morgan fingerprint density at radius 2 is 1.70 bits per heavy atom. The number of thioether (sulfide) groups is 1. The molecule has 9 nitrogen and oxygen atoms in total. The Hall–Kier alpha value is -4.44. The fraction of sp³-hybridized carbons (Fsp3) is 0.148. The van der Waals surface area contributed by atoms with Crippen molar-refractivity contribution >= 4 is 46.1 Å². The van der Waals surface area contributed by atoms with Crippen molar-refractivity contribution in [1.29, 1.82) is 0 Å². The van der Waals surface area contributed by atoms with Gasteiger partial charge in [-0.25, -0.2) is 9.80 Å². The molecule has 0 bridgehead atoms. The number of amides is 2. The number of carbonyl (C=O) groups excluding carboxylic acids is 2. The fourth-order valence-corrected chi connectivity index (χ4v) is 5.25. The third-order valence-electron chi connectivity index (χ3n) is 6.02. The molecule has 2 unspecified atom stereocenters. The van der Waals surface area contributed by atoms with Gasteiger partial charge >= 0.3 is 5.97 Å². The zero-order chi connectivity index (χ0) is 25.9. The lowest BCUT2D eigenvalue weighted by Crippen LogP contribution is -2.25. The van der Waals surface area contributed by atoms with E-state index in [1.165, 1.54) is 24.3 Å². The number of aromatic carboxylic acids is 1. The maximum Gasteiger partial charge on any atom is 0.335 e. The van der Waals surface area contributed by atoms with E-state index in [9.17, 15) is 19.5 Å². The summed E-state index contributed by atoms with van der Waals surface area (Å²) in [5, 5.41) is 28.3. The van der Waals surface area contributed by atoms with Crippen molar-refractivity contribution in [3.63, 3.8) is 0 Å². The molecule has 0 aliphatic carbocycles. The number of carboxylic acids is 1. The number of hydrogen-bond donors (Lipinski definition) is 3. The molecule has 0 fully saturated rings. The highest BCUT2D eigenvalue weighted by Gasteiger charge is 2.39. The highest BCUT2D eigenvalue weighted by Crippen LogP contribution is 2.41. The number of anilines is 1. The highest BCUT2D eigenvalue weighted by molar-refractivity contribution is 8.15. The molecule has 3 N–H and O–H groups in total. The molecule has 2 amide bonds. The van der Waals surface area contributed by atoms with E-state index in [0.717, 1.165) is 23.0 Å². The Kier molecular flexibility index (Phi) is 6.74. The number of rotatable bonds is 6. The van der Waals surface area contributed by atoms with Crippen LogP contribution in [0.1, 0.15) is 40.4 Å². The van der Waals surface area contributed by atoms with Crippen molar-refractivity contribution in [3.05, 3.63) is 95.6 Å². The first-order chi connectivity index (χ1) is 17.9. The molecule has 186 valence electrons. The second-order valence-corrected chi connectivity index (χ2v) is 9.68. The molecule has 3 aromatic rings.